The highest BCUT2D eigenvalue weighted by Gasteiger charge is 2.09. The molecule has 0 saturated carbocycles. The van der Waals surface area contributed by atoms with Gasteiger partial charge in [0.1, 0.15) is 0 Å². The molecular weight excluding hydrogens is 234 g/mol. The lowest BCUT2D eigenvalue weighted by atomic mass is 10.0. The molecule has 0 amide bonds. The number of halogens is 1. The number of benzene rings is 1. The van der Waals surface area contributed by atoms with Crippen molar-refractivity contribution in [1.29, 1.82) is 0 Å². The molecule has 1 unspecified atom stereocenters. The maximum atomic E-state index is 6.29. The highest BCUT2D eigenvalue weighted by atomic mass is 35.5. The minimum Gasteiger partial charge on any atom is -0.313 e. The third-order valence-corrected chi connectivity index (χ3v) is 3.27. The average Bonchev–Trinajstić information content (AvgIpc) is 2.75. The molecule has 0 fully saturated rings. The number of hydrogen-bond donors (Lipinski definition) is 1. The van der Waals surface area contributed by atoms with Gasteiger partial charge in [-0.2, -0.15) is 5.10 Å². The van der Waals surface area contributed by atoms with E-state index in [9.17, 15) is 0 Å². The lowest BCUT2D eigenvalue weighted by molar-refractivity contribution is 0.652. The summed E-state index contributed by atoms with van der Waals surface area (Å²) in [7, 11) is 3.83. The third-order valence-electron chi connectivity index (χ3n) is 2.94. The van der Waals surface area contributed by atoms with E-state index in [2.05, 4.69) is 29.5 Å². The van der Waals surface area contributed by atoms with Gasteiger partial charge in [0.05, 0.1) is 6.20 Å². The van der Waals surface area contributed by atoms with Crippen LogP contribution in [0.1, 0.15) is 18.5 Å². The smallest absolute Gasteiger partial charge is 0.0568 e. The minimum absolute atomic E-state index is 0.255. The number of hydrogen-bond acceptors (Lipinski definition) is 2. The van der Waals surface area contributed by atoms with E-state index in [1.807, 2.05) is 32.6 Å². The van der Waals surface area contributed by atoms with Crippen molar-refractivity contribution in [2.24, 2.45) is 7.05 Å². The van der Waals surface area contributed by atoms with Crippen molar-refractivity contribution in [3.63, 3.8) is 0 Å². The van der Waals surface area contributed by atoms with E-state index >= 15 is 0 Å². The summed E-state index contributed by atoms with van der Waals surface area (Å²) < 4.78 is 1.79. The van der Waals surface area contributed by atoms with E-state index in [1.54, 1.807) is 4.68 Å². The van der Waals surface area contributed by atoms with Gasteiger partial charge in [0.2, 0.25) is 0 Å². The Labute approximate surface area is 106 Å². The van der Waals surface area contributed by atoms with Crippen LogP contribution in [0.3, 0.4) is 0 Å². The predicted octanol–water partition coefficient (Wildman–Crippen LogP) is 3.02. The predicted molar refractivity (Wildman–Crippen MR) is 71.1 cm³/mol. The van der Waals surface area contributed by atoms with Crippen LogP contribution < -0.4 is 5.32 Å². The Balaban J connectivity index is 2.37. The first-order valence-corrected chi connectivity index (χ1v) is 5.95. The van der Waals surface area contributed by atoms with Crippen LogP contribution in [0.2, 0.25) is 5.02 Å². The summed E-state index contributed by atoms with van der Waals surface area (Å²) in [5, 5.41) is 8.13. The molecule has 0 radical (unpaired) electrons. The van der Waals surface area contributed by atoms with E-state index in [0.717, 1.165) is 21.7 Å². The first-order valence-electron chi connectivity index (χ1n) is 5.57. The fourth-order valence-electron chi connectivity index (χ4n) is 1.78. The standard InChI is InChI=1S/C13H16ClN3/c1-9(15-2)12-5-4-10(6-13(12)14)11-7-16-17(3)8-11/h4-9,15H,1-3H3. The number of rotatable bonds is 3. The highest BCUT2D eigenvalue weighted by molar-refractivity contribution is 6.31. The van der Waals surface area contributed by atoms with Gasteiger partial charge >= 0.3 is 0 Å². The maximum Gasteiger partial charge on any atom is 0.0568 e. The molecule has 0 aliphatic heterocycles. The van der Waals surface area contributed by atoms with Crippen LogP contribution in [0, 0.1) is 0 Å². The van der Waals surface area contributed by atoms with Crippen molar-refractivity contribution in [2.75, 3.05) is 7.05 Å². The van der Waals surface area contributed by atoms with Crippen LogP contribution in [-0.4, -0.2) is 16.8 Å². The van der Waals surface area contributed by atoms with Crippen molar-refractivity contribution < 1.29 is 0 Å². The van der Waals surface area contributed by atoms with Gasteiger partial charge in [-0.25, -0.2) is 0 Å². The van der Waals surface area contributed by atoms with E-state index < -0.39 is 0 Å². The molecule has 1 N–H and O–H groups in total. The van der Waals surface area contributed by atoms with Crippen LogP contribution >= 0.6 is 11.6 Å². The fourth-order valence-corrected chi connectivity index (χ4v) is 2.13. The molecule has 0 aliphatic carbocycles. The van der Waals surface area contributed by atoms with Gasteiger partial charge < -0.3 is 5.32 Å². The molecule has 1 aromatic carbocycles. The zero-order chi connectivity index (χ0) is 12.4. The van der Waals surface area contributed by atoms with Gasteiger partial charge in [0.15, 0.2) is 0 Å². The Morgan fingerprint density at radius 3 is 2.65 bits per heavy atom. The van der Waals surface area contributed by atoms with Crippen molar-refractivity contribution >= 4 is 11.6 Å². The molecule has 1 aromatic heterocycles. The van der Waals surface area contributed by atoms with Crippen LogP contribution in [-0.2, 0) is 7.05 Å². The summed E-state index contributed by atoms with van der Waals surface area (Å²) in [5.74, 6) is 0. The highest BCUT2D eigenvalue weighted by Crippen LogP contribution is 2.28. The SMILES string of the molecule is CNC(C)c1ccc(-c2cnn(C)c2)cc1Cl. The van der Waals surface area contributed by atoms with E-state index in [0.29, 0.717) is 0 Å². The molecular formula is C13H16ClN3. The lowest BCUT2D eigenvalue weighted by Gasteiger charge is -2.13. The molecule has 90 valence electrons. The molecule has 2 aromatic rings. The van der Waals surface area contributed by atoms with E-state index in [4.69, 9.17) is 11.6 Å². The molecule has 0 saturated heterocycles. The quantitative estimate of drug-likeness (QED) is 0.906. The normalized spacial score (nSPS) is 12.7. The van der Waals surface area contributed by atoms with Gasteiger partial charge in [0, 0.05) is 29.9 Å². The summed E-state index contributed by atoms with van der Waals surface area (Å²) >= 11 is 6.29. The minimum atomic E-state index is 0.255. The third kappa shape index (κ3) is 2.51. The van der Waals surface area contributed by atoms with Gasteiger partial charge in [-0.1, -0.05) is 23.7 Å². The average molecular weight is 250 g/mol. The lowest BCUT2D eigenvalue weighted by Crippen LogP contribution is -2.12. The second kappa shape index (κ2) is 4.90. The van der Waals surface area contributed by atoms with Crippen LogP contribution in [0.4, 0.5) is 0 Å². The number of aromatic nitrogens is 2. The molecule has 4 heteroatoms. The molecule has 1 heterocycles. The Morgan fingerprint density at radius 2 is 2.12 bits per heavy atom. The van der Waals surface area contributed by atoms with Crippen LogP contribution in [0.25, 0.3) is 11.1 Å². The molecule has 2 rings (SSSR count). The van der Waals surface area contributed by atoms with Gasteiger partial charge in [-0.15, -0.1) is 0 Å². The largest absolute Gasteiger partial charge is 0.313 e. The number of nitrogens with zero attached hydrogens (tertiary/aromatic N) is 2. The summed E-state index contributed by atoms with van der Waals surface area (Å²) in [6, 6.07) is 6.38. The van der Waals surface area contributed by atoms with Crippen molar-refractivity contribution in [3.05, 3.63) is 41.2 Å². The molecule has 3 nitrogen and oxygen atoms in total. The maximum absolute atomic E-state index is 6.29. The van der Waals surface area contributed by atoms with E-state index in [-0.39, 0.29) is 6.04 Å². The van der Waals surface area contributed by atoms with Crippen LogP contribution in [0.5, 0.6) is 0 Å². The zero-order valence-corrected chi connectivity index (χ0v) is 11.0. The molecule has 1 atom stereocenters. The van der Waals surface area contributed by atoms with Crippen molar-refractivity contribution in [1.82, 2.24) is 15.1 Å². The van der Waals surface area contributed by atoms with E-state index in [1.165, 1.54) is 0 Å². The number of nitrogens with one attached hydrogen (secondary N) is 1. The molecule has 0 spiro atoms. The summed E-state index contributed by atoms with van der Waals surface area (Å²) in [5.41, 5.74) is 3.29. The molecule has 0 bridgehead atoms. The Bertz CT molecular complexity index is 519. The Kier molecular flexibility index (Phi) is 3.50. The monoisotopic (exact) mass is 249 g/mol. The second-order valence-corrected chi connectivity index (χ2v) is 4.56. The summed E-state index contributed by atoms with van der Waals surface area (Å²) in [6.45, 7) is 2.09. The topological polar surface area (TPSA) is 29.9 Å². The number of aryl methyl sites for hydroxylation is 1. The van der Waals surface area contributed by atoms with Crippen LogP contribution in [0.15, 0.2) is 30.6 Å². The first kappa shape index (κ1) is 12.1. The fraction of sp³-hybridized carbons (Fsp3) is 0.308. The van der Waals surface area contributed by atoms with Gasteiger partial charge in [-0.05, 0) is 31.2 Å². The zero-order valence-electron chi connectivity index (χ0n) is 10.2. The van der Waals surface area contributed by atoms with Crippen molar-refractivity contribution in [2.45, 2.75) is 13.0 Å². The molecule has 0 aliphatic rings. The van der Waals surface area contributed by atoms with Gasteiger partial charge in [0.25, 0.3) is 0 Å². The van der Waals surface area contributed by atoms with Crippen molar-refractivity contribution in [3.8, 4) is 11.1 Å². The Morgan fingerprint density at radius 1 is 1.35 bits per heavy atom. The second-order valence-electron chi connectivity index (χ2n) is 4.15. The molecule has 17 heavy (non-hydrogen) atoms. The summed E-state index contributed by atoms with van der Waals surface area (Å²) in [4.78, 5) is 0. The van der Waals surface area contributed by atoms with Gasteiger partial charge in [-0.3, -0.25) is 4.68 Å². The summed E-state index contributed by atoms with van der Waals surface area (Å²) in [6.07, 6.45) is 3.82. The first-order chi connectivity index (χ1) is 8.11. The Hall–Kier alpha value is -1.32.